The molecule has 0 aliphatic carbocycles. The lowest BCUT2D eigenvalue weighted by molar-refractivity contribution is -0.148. The zero-order chi connectivity index (χ0) is 39.4. The summed E-state index contributed by atoms with van der Waals surface area (Å²) in [7, 11) is 1.71. The maximum Gasteiger partial charge on any atom is 0.408 e. The number of aryl methyl sites for hydroxylation is 1. The fourth-order valence-corrected chi connectivity index (χ4v) is 7.67. The molecule has 54 heavy (non-hydrogen) atoms. The quantitative estimate of drug-likeness (QED) is 0.211. The van der Waals surface area contributed by atoms with E-state index in [2.05, 4.69) is 65.3 Å². The molecule has 0 spiro atoms. The van der Waals surface area contributed by atoms with E-state index >= 15 is 0 Å². The Morgan fingerprint density at radius 2 is 1.89 bits per heavy atom. The van der Waals surface area contributed by atoms with Crippen molar-refractivity contribution >= 4 is 46.2 Å². The second kappa shape index (κ2) is 17.2. The molecule has 1 aromatic heterocycles. The molecule has 1 fully saturated rings. The number of nitrogens with one attached hydrogen (secondary N) is 2. The van der Waals surface area contributed by atoms with Crippen LogP contribution >= 0.6 is 0 Å². The number of carbonyl (C=O) groups excluding carboxylic acids is 2. The molecular weight excluding hydrogens is 688 g/mol. The number of aliphatic hydroxyl groups excluding tert-OH is 1. The predicted octanol–water partition coefficient (Wildman–Crippen LogP) is 5.40. The molecule has 0 bridgehead atoms. The average molecular weight is 749 g/mol. The molecule has 1 saturated heterocycles. The second-order valence-electron chi connectivity index (χ2n) is 16.5. The molecular formula is C41H60N6O7. The Hall–Kier alpha value is -4.04. The zero-order valence-corrected chi connectivity index (χ0v) is 33.3. The van der Waals surface area contributed by atoms with Crippen molar-refractivity contribution in [2.75, 3.05) is 39.9 Å². The van der Waals surface area contributed by atoms with Gasteiger partial charge in [0, 0.05) is 69.1 Å². The fraction of sp³-hybridized carbons (Fsp3) is 0.610. The third-order valence-corrected chi connectivity index (χ3v) is 10.4. The van der Waals surface area contributed by atoms with Gasteiger partial charge in [-0.2, -0.15) is 0 Å². The molecule has 13 heteroatoms. The first kappa shape index (κ1) is 41.1. The number of hydrazine groups is 1. The number of hydrogen-bond acceptors (Lipinski definition) is 9. The van der Waals surface area contributed by atoms with Crippen molar-refractivity contribution in [2.45, 2.75) is 117 Å². The smallest absolute Gasteiger partial charge is 0.408 e. The van der Waals surface area contributed by atoms with Crippen LogP contribution in [0.25, 0.3) is 22.0 Å². The van der Waals surface area contributed by atoms with E-state index in [-0.39, 0.29) is 24.7 Å². The van der Waals surface area contributed by atoms with Gasteiger partial charge in [0.05, 0.1) is 17.5 Å². The van der Waals surface area contributed by atoms with Gasteiger partial charge in [0.25, 0.3) is 5.91 Å². The highest BCUT2D eigenvalue weighted by Crippen LogP contribution is 2.41. The number of allylic oxidation sites excluding steroid dienone is 1. The monoisotopic (exact) mass is 748 g/mol. The van der Waals surface area contributed by atoms with Crippen molar-refractivity contribution in [3.05, 3.63) is 46.8 Å². The molecule has 5 rings (SSSR count). The van der Waals surface area contributed by atoms with E-state index in [1.54, 1.807) is 27.9 Å². The molecule has 0 saturated carbocycles. The van der Waals surface area contributed by atoms with E-state index < -0.39 is 35.7 Å². The van der Waals surface area contributed by atoms with Gasteiger partial charge in [0.2, 0.25) is 0 Å². The summed E-state index contributed by atoms with van der Waals surface area (Å²) in [5.41, 5.74) is 9.50. The van der Waals surface area contributed by atoms with E-state index in [0.29, 0.717) is 38.9 Å². The van der Waals surface area contributed by atoms with Gasteiger partial charge in [-0.1, -0.05) is 26.0 Å². The summed E-state index contributed by atoms with van der Waals surface area (Å²) in [6.45, 7) is 16.3. The summed E-state index contributed by atoms with van der Waals surface area (Å²) in [6, 6.07) is 4.77. The van der Waals surface area contributed by atoms with Crippen molar-refractivity contribution in [3.8, 4) is 0 Å². The van der Waals surface area contributed by atoms with Gasteiger partial charge in [-0.05, 0) is 107 Å². The van der Waals surface area contributed by atoms with Gasteiger partial charge in [0.1, 0.15) is 17.7 Å². The number of aliphatic imine (C=N–C) groups is 1. The molecule has 4 N–H and O–H groups in total. The van der Waals surface area contributed by atoms with Crippen LogP contribution in [0.3, 0.4) is 0 Å². The van der Waals surface area contributed by atoms with Crippen LogP contribution < -0.4 is 10.7 Å². The average Bonchev–Trinajstić information content (AvgIpc) is 3.44. The molecule has 2 amide bonds. The molecule has 0 radical (unpaired) electrons. The SMILES string of the molecule is CCn1c(C2=C([C@H](C)OC)N=CCC2)c(CC(C)(C)CO)c2cc(C3=CCCN(CC(NC(=O)OC(C)(C)C)C(=O)N4CCC[C@@H](C(=O)O)N4)C3)ccc21. The van der Waals surface area contributed by atoms with Crippen molar-refractivity contribution in [1.82, 2.24) is 25.2 Å². The number of rotatable bonds is 13. The van der Waals surface area contributed by atoms with Crippen LogP contribution in [0.4, 0.5) is 4.79 Å². The first-order valence-electron chi connectivity index (χ1n) is 19.3. The molecule has 296 valence electrons. The molecule has 3 aliphatic rings. The van der Waals surface area contributed by atoms with Crippen molar-refractivity contribution in [1.29, 1.82) is 0 Å². The van der Waals surface area contributed by atoms with Crippen LogP contribution in [0.1, 0.15) is 97.4 Å². The summed E-state index contributed by atoms with van der Waals surface area (Å²) < 4.78 is 13.7. The van der Waals surface area contributed by atoms with Crippen molar-refractivity contribution in [2.24, 2.45) is 10.4 Å². The number of aliphatic hydroxyl groups is 1. The number of aromatic nitrogens is 1. The fourth-order valence-electron chi connectivity index (χ4n) is 7.67. The third kappa shape index (κ3) is 9.60. The molecule has 13 nitrogen and oxygen atoms in total. The summed E-state index contributed by atoms with van der Waals surface area (Å²) in [5.74, 6) is -1.43. The van der Waals surface area contributed by atoms with E-state index in [4.69, 9.17) is 14.5 Å². The van der Waals surface area contributed by atoms with Gasteiger partial charge < -0.3 is 29.6 Å². The molecule has 1 unspecified atom stereocenters. The van der Waals surface area contributed by atoms with Gasteiger partial charge in [-0.3, -0.25) is 24.5 Å². The van der Waals surface area contributed by atoms with Gasteiger partial charge in [0.15, 0.2) is 0 Å². The van der Waals surface area contributed by atoms with Gasteiger partial charge in [-0.25, -0.2) is 10.2 Å². The largest absolute Gasteiger partial charge is 0.480 e. The number of nitrogens with zero attached hydrogens (tertiary/aromatic N) is 4. The Morgan fingerprint density at radius 3 is 2.56 bits per heavy atom. The van der Waals surface area contributed by atoms with E-state index in [9.17, 15) is 24.6 Å². The van der Waals surface area contributed by atoms with Crippen LogP contribution in [0.5, 0.6) is 0 Å². The Bertz CT molecular complexity index is 1800. The minimum absolute atomic E-state index is 0.0463. The number of ether oxygens (including phenoxy) is 2. The van der Waals surface area contributed by atoms with Gasteiger partial charge in [-0.15, -0.1) is 0 Å². The maximum absolute atomic E-state index is 13.9. The van der Waals surface area contributed by atoms with E-state index in [1.165, 1.54) is 16.1 Å². The number of hydrogen-bond donors (Lipinski definition) is 4. The van der Waals surface area contributed by atoms with E-state index in [0.717, 1.165) is 59.2 Å². The highest BCUT2D eigenvalue weighted by atomic mass is 16.6. The summed E-state index contributed by atoms with van der Waals surface area (Å²) in [5, 5.41) is 25.3. The lowest BCUT2D eigenvalue weighted by atomic mass is 9.83. The van der Waals surface area contributed by atoms with Crippen LogP contribution in [0.2, 0.25) is 0 Å². The number of carboxylic acids is 1. The molecule has 3 atom stereocenters. The molecule has 1 aromatic carbocycles. The Labute approximate surface area is 319 Å². The van der Waals surface area contributed by atoms with Crippen molar-refractivity contribution in [3.63, 3.8) is 0 Å². The highest BCUT2D eigenvalue weighted by molar-refractivity contribution is 5.94. The van der Waals surface area contributed by atoms with Gasteiger partial charge >= 0.3 is 12.1 Å². The number of aliphatic carboxylic acids is 1. The first-order valence-corrected chi connectivity index (χ1v) is 19.3. The number of benzene rings is 1. The predicted molar refractivity (Wildman–Crippen MR) is 211 cm³/mol. The minimum Gasteiger partial charge on any atom is -0.480 e. The van der Waals surface area contributed by atoms with Crippen LogP contribution in [-0.4, -0.2) is 113 Å². The normalized spacial score (nSPS) is 19.8. The van der Waals surface area contributed by atoms with E-state index in [1.807, 2.05) is 13.1 Å². The zero-order valence-electron chi connectivity index (χ0n) is 33.3. The number of carboxylic acid groups (broad SMARTS) is 1. The maximum atomic E-state index is 13.9. The lowest BCUT2D eigenvalue weighted by Crippen LogP contribution is -2.62. The topological polar surface area (TPSA) is 158 Å². The summed E-state index contributed by atoms with van der Waals surface area (Å²) in [4.78, 5) is 45.6. The Morgan fingerprint density at radius 1 is 1.13 bits per heavy atom. The van der Waals surface area contributed by atoms with Crippen molar-refractivity contribution < 1.29 is 34.1 Å². The minimum atomic E-state index is -1.02. The third-order valence-electron chi connectivity index (χ3n) is 10.4. The van der Waals surface area contributed by atoms with Crippen LogP contribution in [0.15, 0.2) is 35.0 Å². The molecule has 2 aromatic rings. The Kier molecular flexibility index (Phi) is 13.1. The number of fused-ring (bicyclic) bond motifs is 1. The first-order chi connectivity index (χ1) is 25.6. The van der Waals surface area contributed by atoms with Crippen LogP contribution in [0, 0.1) is 5.41 Å². The number of methoxy groups -OCH3 is 1. The number of alkyl carbamates (subject to hydrolysis) is 1. The summed E-state index contributed by atoms with van der Waals surface area (Å²) >= 11 is 0. The molecule has 3 aliphatic heterocycles. The second-order valence-corrected chi connectivity index (χ2v) is 16.5. The number of carbonyl (C=O) groups is 3. The number of amides is 2. The summed E-state index contributed by atoms with van der Waals surface area (Å²) in [6.07, 6.45) is 7.40. The standard InChI is InChI=1S/C41H60N6O7/c1-9-46-34-17-16-27(21-30(34)31(22-41(6,7)25-48)36(46)29-14-10-18-42-35(29)26(2)53-8)28-13-11-19-45(23-28)24-33(43-39(52)54-40(3,4)5)37(49)47-20-12-15-32(44-47)38(50)51/h13,16-18,21,26,32-33,44,48H,9-12,14-15,19-20,22-25H2,1-8H3,(H,43,52)(H,50,51)/t26-,32-,33?/m0/s1. The highest BCUT2D eigenvalue weighted by Gasteiger charge is 2.35. The lowest BCUT2D eigenvalue weighted by Gasteiger charge is -2.36. The molecule has 4 heterocycles. The Balaban J connectivity index is 1.49. The van der Waals surface area contributed by atoms with Crippen LogP contribution in [-0.2, 0) is 32.0 Å².